The summed E-state index contributed by atoms with van der Waals surface area (Å²) in [5.74, 6) is -2.28. The van der Waals surface area contributed by atoms with E-state index in [0.29, 0.717) is 35.7 Å². The zero-order valence-electron chi connectivity index (χ0n) is 21.5. The number of carboxylic acids is 2. The fraction of sp³-hybridized carbons (Fsp3) is 0.286. The molecule has 0 aliphatic carbocycles. The summed E-state index contributed by atoms with van der Waals surface area (Å²) >= 11 is 0. The van der Waals surface area contributed by atoms with Crippen LogP contribution in [0.5, 0.6) is 0 Å². The molecule has 12 heteroatoms. The van der Waals surface area contributed by atoms with Crippen LogP contribution in [-0.2, 0) is 16.1 Å². The number of hydrogen-bond donors (Lipinski definition) is 3. The number of rotatable bonds is 9. The molecule has 1 aliphatic rings. The van der Waals surface area contributed by atoms with Crippen LogP contribution in [0.4, 0.5) is 4.39 Å². The van der Waals surface area contributed by atoms with Crippen LogP contribution >= 0.6 is 0 Å². The summed E-state index contributed by atoms with van der Waals surface area (Å²) in [6.07, 6.45) is 4.16. The number of carbonyl (C=O) groups excluding carboxylic acids is 1. The molecule has 0 bridgehead atoms. The van der Waals surface area contributed by atoms with E-state index >= 15 is 0 Å². The highest BCUT2D eigenvalue weighted by molar-refractivity contribution is 5.90. The van der Waals surface area contributed by atoms with Gasteiger partial charge < -0.3 is 20.1 Å². The van der Waals surface area contributed by atoms with E-state index in [0.717, 1.165) is 44.5 Å². The third-order valence-electron chi connectivity index (χ3n) is 6.12. The Balaban J connectivity index is 0.000000482. The summed E-state index contributed by atoms with van der Waals surface area (Å²) in [5.41, 5.74) is 2.31. The Morgan fingerprint density at radius 3 is 2.25 bits per heavy atom. The lowest BCUT2D eigenvalue weighted by Gasteiger charge is -2.32. The fourth-order valence-corrected chi connectivity index (χ4v) is 4.01. The molecular weight excluding hydrogens is 521 g/mol. The topological polar surface area (TPSA) is 170 Å². The van der Waals surface area contributed by atoms with E-state index in [2.05, 4.69) is 20.4 Å². The van der Waals surface area contributed by atoms with Crippen molar-refractivity contribution in [2.75, 3.05) is 19.6 Å². The number of nitrogens with zero attached hydrogens (tertiary/aromatic N) is 4. The number of piperidine rings is 1. The average molecular weight is 550 g/mol. The number of carboxylic acid groups (broad SMARTS) is 2. The number of aromatic nitrogens is 2. The number of hydrogen-bond acceptors (Lipinski definition) is 8. The molecular formula is C28H28FN5O6. The Bertz CT molecular complexity index is 1340. The number of nitrogens with one attached hydrogen (secondary N) is 1. The number of nitriles is 1. The molecule has 40 heavy (non-hydrogen) atoms. The van der Waals surface area contributed by atoms with Gasteiger partial charge in [0, 0.05) is 30.8 Å². The molecule has 1 saturated heterocycles. The van der Waals surface area contributed by atoms with Crippen molar-refractivity contribution in [2.24, 2.45) is 5.92 Å². The van der Waals surface area contributed by atoms with Crippen molar-refractivity contribution < 1.29 is 33.5 Å². The van der Waals surface area contributed by atoms with Gasteiger partial charge >= 0.3 is 11.9 Å². The van der Waals surface area contributed by atoms with Gasteiger partial charge in [-0.25, -0.2) is 14.0 Å². The number of halogens is 1. The summed E-state index contributed by atoms with van der Waals surface area (Å²) in [4.78, 5) is 38.0. The van der Waals surface area contributed by atoms with Crippen molar-refractivity contribution in [3.05, 3.63) is 83.5 Å². The van der Waals surface area contributed by atoms with E-state index < -0.39 is 11.9 Å². The minimum atomic E-state index is -1.26. The first-order valence-electron chi connectivity index (χ1n) is 12.5. The van der Waals surface area contributed by atoms with Crippen molar-refractivity contribution in [3.63, 3.8) is 0 Å². The molecule has 1 aliphatic heterocycles. The van der Waals surface area contributed by atoms with Gasteiger partial charge in [0.1, 0.15) is 5.82 Å². The molecule has 0 radical (unpaired) electrons. The summed E-state index contributed by atoms with van der Waals surface area (Å²) in [5, 5.41) is 31.1. The van der Waals surface area contributed by atoms with Gasteiger partial charge in [-0.2, -0.15) is 10.2 Å². The maximum Gasteiger partial charge on any atom is 0.328 e. The maximum atomic E-state index is 13.0. The molecule has 208 valence electrons. The van der Waals surface area contributed by atoms with Gasteiger partial charge in [-0.15, -0.1) is 0 Å². The SMILES string of the molecule is N#Cc1ccc(-c2nc(C(=O)NCCC3CCN(Cc4ccc(F)cc4)CC3)no2)cc1.O=C(O)/C=C/C(=O)O. The summed E-state index contributed by atoms with van der Waals surface area (Å²) < 4.78 is 18.2. The molecule has 0 unspecified atom stereocenters. The Morgan fingerprint density at radius 1 is 1.05 bits per heavy atom. The second kappa shape index (κ2) is 14.9. The zero-order chi connectivity index (χ0) is 28.9. The molecule has 2 heterocycles. The summed E-state index contributed by atoms with van der Waals surface area (Å²) in [6.45, 7) is 3.38. The molecule has 4 rings (SSSR count). The quantitative estimate of drug-likeness (QED) is 0.336. The summed E-state index contributed by atoms with van der Waals surface area (Å²) in [6, 6.07) is 15.4. The van der Waals surface area contributed by atoms with E-state index in [4.69, 9.17) is 20.0 Å². The number of amides is 1. The Hall–Kier alpha value is -4.89. The second-order valence-electron chi connectivity index (χ2n) is 9.01. The zero-order valence-corrected chi connectivity index (χ0v) is 21.5. The van der Waals surface area contributed by atoms with Crippen LogP contribution in [0.25, 0.3) is 11.5 Å². The lowest BCUT2D eigenvalue weighted by molar-refractivity contribution is -0.134. The van der Waals surface area contributed by atoms with Gasteiger partial charge in [0.2, 0.25) is 0 Å². The first kappa shape index (κ1) is 29.7. The maximum absolute atomic E-state index is 13.0. The van der Waals surface area contributed by atoms with Gasteiger partial charge in [0.05, 0.1) is 11.6 Å². The van der Waals surface area contributed by atoms with Gasteiger partial charge in [-0.1, -0.05) is 17.3 Å². The average Bonchev–Trinajstić information content (AvgIpc) is 3.45. The number of likely N-dealkylation sites (tertiary alicyclic amines) is 1. The smallest absolute Gasteiger partial charge is 0.328 e. The predicted octanol–water partition coefficient (Wildman–Crippen LogP) is 3.49. The molecule has 1 fully saturated rings. The molecule has 2 aromatic carbocycles. The van der Waals surface area contributed by atoms with Crippen LogP contribution in [0.1, 0.15) is 41.0 Å². The first-order valence-corrected chi connectivity index (χ1v) is 12.5. The van der Waals surface area contributed by atoms with E-state index in [9.17, 15) is 18.8 Å². The van der Waals surface area contributed by atoms with E-state index in [-0.39, 0.29) is 23.4 Å². The molecule has 0 saturated carbocycles. The van der Waals surface area contributed by atoms with Crippen LogP contribution < -0.4 is 5.32 Å². The highest BCUT2D eigenvalue weighted by Gasteiger charge is 2.20. The Morgan fingerprint density at radius 2 is 1.68 bits per heavy atom. The molecule has 3 aromatic rings. The van der Waals surface area contributed by atoms with E-state index in [1.54, 1.807) is 24.3 Å². The van der Waals surface area contributed by atoms with Gasteiger partial charge in [0.15, 0.2) is 0 Å². The minimum absolute atomic E-state index is 0.00141. The second-order valence-corrected chi connectivity index (χ2v) is 9.01. The lowest BCUT2D eigenvalue weighted by atomic mass is 9.93. The molecule has 0 spiro atoms. The van der Waals surface area contributed by atoms with Crippen LogP contribution in [0.15, 0.2) is 65.2 Å². The monoisotopic (exact) mass is 549 g/mol. The predicted molar refractivity (Wildman–Crippen MR) is 140 cm³/mol. The third-order valence-corrected chi connectivity index (χ3v) is 6.12. The lowest BCUT2D eigenvalue weighted by Crippen LogP contribution is -2.35. The summed E-state index contributed by atoms with van der Waals surface area (Å²) in [7, 11) is 0. The number of aliphatic carboxylic acids is 2. The molecule has 11 nitrogen and oxygen atoms in total. The van der Waals surface area contributed by atoms with Gasteiger partial charge in [-0.05, 0) is 80.2 Å². The normalized spacial score (nSPS) is 13.7. The standard InChI is InChI=1S/C24H24FN5O2.C4H4O4/c25-21-7-3-19(4-8-21)16-30-13-10-17(11-14-30)9-12-27-23(31)22-28-24(32-29-22)20-5-1-18(15-26)2-6-20;5-3(6)1-2-4(7)8/h1-8,17H,9-14,16H2,(H,27,31);1-2H,(H,5,6)(H,7,8)/b;2-1+. The first-order chi connectivity index (χ1) is 19.2. The largest absolute Gasteiger partial charge is 0.478 e. The van der Waals surface area contributed by atoms with Crippen molar-refractivity contribution in [2.45, 2.75) is 25.8 Å². The molecule has 1 amide bonds. The van der Waals surface area contributed by atoms with Crippen LogP contribution in [0, 0.1) is 23.1 Å². The van der Waals surface area contributed by atoms with Gasteiger partial charge in [0.25, 0.3) is 17.6 Å². The minimum Gasteiger partial charge on any atom is -0.478 e. The molecule has 1 aromatic heterocycles. The van der Waals surface area contributed by atoms with E-state index in [1.807, 2.05) is 18.2 Å². The van der Waals surface area contributed by atoms with Crippen LogP contribution in [-0.4, -0.2) is 62.7 Å². The Kier molecular flexibility index (Phi) is 11.0. The highest BCUT2D eigenvalue weighted by Crippen LogP contribution is 2.22. The van der Waals surface area contributed by atoms with Crippen molar-refractivity contribution in [1.82, 2.24) is 20.4 Å². The fourth-order valence-electron chi connectivity index (χ4n) is 4.01. The Labute approximate surface area is 229 Å². The van der Waals surface area contributed by atoms with Crippen LogP contribution in [0.3, 0.4) is 0 Å². The number of benzene rings is 2. The van der Waals surface area contributed by atoms with Gasteiger partial charge in [-0.3, -0.25) is 9.69 Å². The number of carbonyl (C=O) groups is 3. The third kappa shape index (κ3) is 9.77. The van der Waals surface area contributed by atoms with Crippen LogP contribution in [0.2, 0.25) is 0 Å². The highest BCUT2D eigenvalue weighted by atomic mass is 19.1. The van der Waals surface area contributed by atoms with E-state index in [1.165, 1.54) is 12.1 Å². The molecule has 0 atom stereocenters. The molecule has 3 N–H and O–H groups in total. The van der Waals surface area contributed by atoms with Crippen molar-refractivity contribution >= 4 is 17.8 Å². The van der Waals surface area contributed by atoms with Crippen molar-refractivity contribution in [3.8, 4) is 17.5 Å². The van der Waals surface area contributed by atoms with Crippen molar-refractivity contribution in [1.29, 1.82) is 5.26 Å².